The lowest BCUT2D eigenvalue weighted by molar-refractivity contribution is -0.123. The van der Waals surface area contributed by atoms with Crippen LogP contribution in [0.15, 0.2) is 11.5 Å². The van der Waals surface area contributed by atoms with Crippen molar-refractivity contribution in [3.05, 3.63) is 11.5 Å². The van der Waals surface area contributed by atoms with E-state index in [9.17, 15) is 9.90 Å². The monoisotopic (exact) mass is 184 g/mol. The predicted octanol–water partition coefficient (Wildman–Crippen LogP) is 2.32. The number of ketones is 1. The third kappa shape index (κ3) is 2.02. The Morgan fingerprint density at radius 3 is 2.62 bits per heavy atom. The first-order valence-electron chi connectivity index (χ1n) is 4.83. The largest absolute Gasteiger partial charge is 0.502 e. The Balaban J connectivity index is 2.59. The van der Waals surface area contributed by atoms with Crippen LogP contribution in [0.4, 0.5) is 0 Å². The van der Waals surface area contributed by atoms with E-state index >= 15 is 0 Å². The third-order valence-corrected chi connectivity index (χ3v) is 2.20. The normalized spacial score (nSPS) is 22.3. The summed E-state index contributed by atoms with van der Waals surface area (Å²) < 4.78 is 5.32. The minimum Gasteiger partial charge on any atom is -0.502 e. The van der Waals surface area contributed by atoms with Crippen LogP contribution in [0.25, 0.3) is 0 Å². The molecule has 0 bridgehead atoms. The third-order valence-electron chi connectivity index (χ3n) is 2.20. The van der Waals surface area contributed by atoms with Gasteiger partial charge in [-0.3, -0.25) is 4.79 Å². The maximum absolute atomic E-state index is 11.3. The Hall–Kier alpha value is -0.990. The molecule has 0 saturated heterocycles. The molecule has 1 rings (SSSR count). The summed E-state index contributed by atoms with van der Waals surface area (Å²) in [5, 5.41) is 9.39. The summed E-state index contributed by atoms with van der Waals surface area (Å²) in [7, 11) is 0. The highest BCUT2D eigenvalue weighted by atomic mass is 16.5. The standard InChI is InChI=1S/C10H16O3/c1-3-5-6-8-10(12)9(11)7(4-2)13-8/h7,12H,3-6H2,1-2H3. The van der Waals surface area contributed by atoms with Crippen molar-refractivity contribution in [3.8, 4) is 0 Å². The van der Waals surface area contributed by atoms with Gasteiger partial charge in [0.25, 0.3) is 0 Å². The van der Waals surface area contributed by atoms with Crippen molar-refractivity contribution < 1.29 is 14.6 Å². The fourth-order valence-corrected chi connectivity index (χ4v) is 1.35. The van der Waals surface area contributed by atoms with E-state index in [1.54, 1.807) is 0 Å². The zero-order valence-electron chi connectivity index (χ0n) is 8.17. The highest BCUT2D eigenvalue weighted by Gasteiger charge is 2.32. The average Bonchev–Trinajstić information content (AvgIpc) is 2.41. The van der Waals surface area contributed by atoms with Crippen LogP contribution in [-0.2, 0) is 9.53 Å². The number of ether oxygens (including phenoxy) is 1. The summed E-state index contributed by atoms with van der Waals surface area (Å²) in [5.74, 6) is 0.0765. The molecule has 13 heavy (non-hydrogen) atoms. The summed E-state index contributed by atoms with van der Waals surface area (Å²) in [6.07, 6.45) is 2.84. The lowest BCUT2D eigenvalue weighted by Gasteiger charge is -2.07. The van der Waals surface area contributed by atoms with Crippen LogP contribution in [0, 0.1) is 0 Å². The van der Waals surface area contributed by atoms with Crippen LogP contribution in [0.3, 0.4) is 0 Å². The predicted molar refractivity (Wildman–Crippen MR) is 49.4 cm³/mol. The molecule has 3 nitrogen and oxygen atoms in total. The summed E-state index contributed by atoms with van der Waals surface area (Å²) in [6.45, 7) is 3.93. The molecule has 1 heterocycles. The molecule has 0 aromatic heterocycles. The highest BCUT2D eigenvalue weighted by Crippen LogP contribution is 2.25. The molecule has 1 unspecified atom stereocenters. The van der Waals surface area contributed by atoms with Crippen LogP contribution < -0.4 is 0 Å². The number of carbonyl (C=O) groups excluding carboxylic acids is 1. The van der Waals surface area contributed by atoms with E-state index in [0.717, 1.165) is 12.8 Å². The van der Waals surface area contributed by atoms with E-state index < -0.39 is 6.10 Å². The molecule has 3 heteroatoms. The topological polar surface area (TPSA) is 46.5 Å². The van der Waals surface area contributed by atoms with Gasteiger partial charge in [-0.2, -0.15) is 0 Å². The van der Waals surface area contributed by atoms with Gasteiger partial charge in [-0.05, 0) is 12.8 Å². The lowest BCUT2D eigenvalue weighted by Crippen LogP contribution is -2.16. The molecule has 1 aliphatic rings. The van der Waals surface area contributed by atoms with E-state index in [1.165, 1.54) is 0 Å². The number of Topliss-reactive ketones (excluding diaryl/α,β-unsaturated/α-hetero) is 1. The van der Waals surface area contributed by atoms with Gasteiger partial charge in [-0.25, -0.2) is 0 Å². The molecule has 1 atom stereocenters. The average molecular weight is 184 g/mol. The first-order chi connectivity index (χ1) is 6.20. The molecule has 1 aliphatic heterocycles. The number of aliphatic hydroxyl groups is 1. The molecular weight excluding hydrogens is 168 g/mol. The molecule has 0 fully saturated rings. The molecular formula is C10H16O3. The van der Waals surface area contributed by atoms with Gasteiger partial charge in [0.2, 0.25) is 11.5 Å². The van der Waals surface area contributed by atoms with Gasteiger partial charge < -0.3 is 9.84 Å². The number of hydrogen-bond acceptors (Lipinski definition) is 3. The summed E-state index contributed by atoms with van der Waals surface area (Å²) in [5.41, 5.74) is 0. The number of hydrogen-bond donors (Lipinski definition) is 1. The van der Waals surface area contributed by atoms with Gasteiger partial charge in [0.1, 0.15) is 5.76 Å². The Morgan fingerprint density at radius 2 is 2.15 bits per heavy atom. The number of rotatable bonds is 4. The van der Waals surface area contributed by atoms with Crippen LogP contribution in [0.5, 0.6) is 0 Å². The molecule has 0 amide bonds. The van der Waals surface area contributed by atoms with Gasteiger partial charge in [0.05, 0.1) is 0 Å². The van der Waals surface area contributed by atoms with Gasteiger partial charge in [0.15, 0.2) is 6.10 Å². The second-order valence-electron chi connectivity index (χ2n) is 3.25. The van der Waals surface area contributed by atoms with E-state index in [0.29, 0.717) is 18.6 Å². The van der Waals surface area contributed by atoms with E-state index in [1.807, 2.05) is 6.92 Å². The Morgan fingerprint density at radius 1 is 1.46 bits per heavy atom. The maximum Gasteiger partial charge on any atom is 0.240 e. The summed E-state index contributed by atoms with van der Waals surface area (Å²) >= 11 is 0. The molecule has 0 radical (unpaired) electrons. The van der Waals surface area contributed by atoms with E-state index in [4.69, 9.17) is 4.74 Å². The summed E-state index contributed by atoms with van der Waals surface area (Å²) in [4.78, 5) is 11.3. The number of allylic oxidation sites excluding steroid dienone is 1. The van der Waals surface area contributed by atoms with Crippen LogP contribution in [0.1, 0.15) is 39.5 Å². The molecule has 0 aromatic carbocycles. The first kappa shape index (κ1) is 10.1. The first-order valence-corrected chi connectivity index (χ1v) is 4.83. The SMILES string of the molecule is CCCCC1=C(O)C(=O)C(CC)O1. The van der Waals surface area contributed by atoms with Gasteiger partial charge in [0, 0.05) is 6.42 Å². The number of aliphatic hydroxyl groups excluding tert-OH is 1. The van der Waals surface area contributed by atoms with Gasteiger partial charge in [-0.1, -0.05) is 20.3 Å². The van der Waals surface area contributed by atoms with E-state index in [-0.39, 0.29) is 11.5 Å². The van der Waals surface area contributed by atoms with Crippen molar-refractivity contribution in [2.24, 2.45) is 0 Å². The van der Waals surface area contributed by atoms with Crippen molar-refractivity contribution in [2.45, 2.75) is 45.6 Å². The fraction of sp³-hybridized carbons (Fsp3) is 0.700. The molecule has 1 N–H and O–H groups in total. The molecule has 0 aromatic rings. The second kappa shape index (κ2) is 4.30. The fourth-order valence-electron chi connectivity index (χ4n) is 1.35. The van der Waals surface area contributed by atoms with Crippen molar-refractivity contribution in [3.63, 3.8) is 0 Å². The maximum atomic E-state index is 11.3. The lowest BCUT2D eigenvalue weighted by atomic mass is 10.1. The molecule has 0 spiro atoms. The quantitative estimate of drug-likeness (QED) is 0.729. The Bertz CT molecular complexity index is 230. The zero-order chi connectivity index (χ0) is 9.84. The Kier molecular flexibility index (Phi) is 3.34. The molecule has 0 saturated carbocycles. The van der Waals surface area contributed by atoms with Crippen molar-refractivity contribution in [1.29, 1.82) is 0 Å². The summed E-state index contributed by atoms with van der Waals surface area (Å²) in [6, 6.07) is 0. The number of carbonyl (C=O) groups is 1. The van der Waals surface area contributed by atoms with Crippen molar-refractivity contribution >= 4 is 5.78 Å². The van der Waals surface area contributed by atoms with E-state index in [2.05, 4.69) is 6.92 Å². The van der Waals surface area contributed by atoms with Crippen molar-refractivity contribution in [1.82, 2.24) is 0 Å². The van der Waals surface area contributed by atoms with Gasteiger partial charge in [-0.15, -0.1) is 0 Å². The molecule has 74 valence electrons. The van der Waals surface area contributed by atoms with Crippen LogP contribution >= 0.6 is 0 Å². The second-order valence-corrected chi connectivity index (χ2v) is 3.25. The Labute approximate surface area is 78.4 Å². The minimum atomic E-state index is -0.438. The number of unbranched alkanes of at least 4 members (excludes halogenated alkanes) is 1. The zero-order valence-corrected chi connectivity index (χ0v) is 8.17. The van der Waals surface area contributed by atoms with Crippen LogP contribution in [0.2, 0.25) is 0 Å². The molecule has 0 aliphatic carbocycles. The minimum absolute atomic E-state index is 0.152. The van der Waals surface area contributed by atoms with Crippen LogP contribution in [-0.4, -0.2) is 17.0 Å². The smallest absolute Gasteiger partial charge is 0.240 e. The highest BCUT2D eigenvalue weighted by molar-refractivity contribution is 5.98. The van der Waals surface area contributed by atoms with Gasteiger partial charge >= 0.3 is 0 Å². The van der Waals surface area contributed by atoms with Crippen molar-refractivity contribution in [2.75, 3.05) is 0 Å².